The molecule has 3 nitrogen and oxygen atoms in total. The zero-order valence-corrected chi connectivity index (χ0v) is 16.1. The molecule has 3 N–H and O–H groups in total. The molecule has 0 heterocycles. The summed E-state index contributed by atoms with van der Waals surface area (Å²) in [7, 11) is 4.57. The number of thiocarbonyl (C=S) groups is 1. The van der Waals surface area contributed by atoms with Gasteiger partial charge in [0.15, 0.2) is 5.11 Å². The van der Waals surface area contributed by atoms with Crippen molar-refractivity contribution in [2.24, 2.45) is 10.8 Å². The second-order valence-corrected chi connectivity index (χ2v) is 4.94. The van der Waals surface area contributed by atoms with E-state index in [0.29, 0.717) is 0 Å². The third-order valence-electron chi connectivity index (χ3n) is 2.83. The SMILES string of the molecule is NC(=S)N/N=C/c1ccc2ccccc2c1.[Cl][Ru+].c1ccccc1. The first kappa shape index (κ1) is 20.2. The Labute approximate surface area is 161 Å². The zero-order chi connectivity index (χ0) is 17.6. The van der Waals surface area contributed by atoms with Crippen LogP contribution in [-0.4, -0.2) is 11.3 Å². The van der Waals surface area contributed by atoms with Gasteiger partial charge in [0.05, 0.1) is 6.21 Å². The molecule has 3 aromatic rings. The van der Waals surface area contributed by atoms with Gasteiger partial charge in [0.1, 0.15) is 0 Å². The number of hydrazone groups is 1. The van der Waals surface area contributed by atoms with Gasteiger partial charge in [-0.3, -0.25) is 5.43 Å². The molecule has 6 heteroatoms. The van der Waals surface area contributed by atoms with Crippen molar-refractivity contribution in [2.45, 2.75) is 0 Å². The van der Waals surface area contributed by atoms with E-state index in [4.69, 9.17) is 5.73 Å². The number of hydrogen-bond donors (Lipinski definition) is 2. The van der Waals surface area contributed by atoms with Crippen LogP contribution < -0.4 is 11.2 Å². The normalized spacial score (nSPS) is 9.42. The summed E-state index contributed by atoms with van der Waals surface area (Å²) in [5, 5.41) is 6.46. The molecule has 0 fully saturated rings. The Bertz CT molecular complexity index is 740. The van der Waals surface area contributed by atoms with Crippen molar-refractivity contribution in [3.05, 3.63) is 84.4 Å². The molecule has 124 valence electrons. The maximum Gasteiger partial charge on any atom is -0.0623 e. The van der Waals surface area contributed by atoms with Gasteiger partial charge in [-0.1, -0.05) is 72.8 Å². The maximum atomic E-state index is 5.25. The molecule has 0 amide bonds. The van der Waals surface area contributed by atoms with Crippen molar-refractivity contribution in [3.63, 3.8) is 0 Å². The van der Waals surface area contributed by atoms with Crippen molar-refractivity contribution in [2.75, 3.05) is 0 Å². The summed E-state index contributed by atoms with van der Waals surface area (Å²) in [6.45, 7) is 0. The first-order chi connectivity index (χ1) is 11.8. The summed E-state index contributed by atoms with van der Waals surface area (Å²) in [5.41, 5.74) is 8.78. The van der Waals surface area contributed by atoms with E-state index in [1.807, 2.05) is 71.9 Å². The fraction of sp³-hybridized carbons (Fsp3) is 0. The molecule has 3 rings (SSSR count). The van der Waals surface area contributed by atoms with E-state index >= 15 is 0 Å². The molecule has 0 spiro atoms. The Morgan fingerprint density at radius 2 is 1.46 bits per heavy atom. The predicted molar refractivity (Wildman–Crippen MR) is 104 cm³/mol. The van der Waals surface area contributed by atoms with Gasteiger partial charge in [0.2, 0.25) is 0 Å². The topological polar surface area (TPSA) is 50.4 Å². The van der Waals surface area contributed by atoms with Crippen LogP contribution in [0.15, 0.2) is 84.0 Å². The Balaban J connectivity index is 0.000000300. The number of nitrogens with one attached hydrogen (secondary N) is 1. The standard InChI is InChI=1S/C12H11N3S.C6H6.ClH.Ru/c13-12(16)15-14-8-9-5-6-10-3-1-2-4-11(10)7-9;1-2-4-6-5-3-1;;/h1-8H,(H3,13,15,16);1-6H;1H;/q;;;+2/p-1/b14-8+;;;. The molecule has 24 heavy (non-hydrogen) atoms. The molecule has 0 aliphatic heterocycles. The van der Waals surface area contributed by atoms with Gasteiger partial charge in [-0.05, 0) is 34.6 Å². The van der Waals surface area contributed by atoms with E-state index in [2.05, 4.69) is 56.7 Å². The Morgan fingerprint density at radius 1 is 0.917 bits per heavy atom. The summed E-state index contributed by atoms with van der Waals surface area (Å²) >= 11 is 6.46. The van der Waals surface area contributed by atoms with Crippen molar-refractivity contribution < 1.29 is 17.3 Å². The van der Waals surface area contributed by atoms with Crippen LogP contribution in [0.2, 0.25) is 0 Å². The van der Waals surface area contributed by atoms with E-state index in [0.717, 1.165) is 5.56 Å². The molecule has 0 unspecified atom stereocenters. The van der Waals surface area contributed by atoms with Crippen molar-refractivity contribution in [1.29, 1.82) is 0 Å². The number of fused-ring (bicyclic) bond motifs is 1. The van der Waals surface area contributed by atoms with Gasteiger partial charge in [-0.2, -0.15) is 5.10 Å². The van der Waals surface area contributed by atoms with E-state index in [1.54, 1.807) is 6.21 Å². The monoisotopic (exact) mass is 444 g/mol. The Morgan fingerprint density at radius 3 is 2.00 bits per heavy atom. The third-order valence-corrected chi connectivity index (χ3v) is 2.92. The summed E-state index contributed by atoms with van der Waals surface area (Å²) in [4.78, 5) is 0. The summed E-state index contributed by atoms with van der Waals surface area (Å²) in [6, 6.07) is 26.3. The number of hydrogen-bond acceptors (Lipinski definition) is 2. The molecule has 0 saturated heterocycles. The Hall–Kier alpha value is -1.81. The van der Waals surface area contributed by atoms with Crippen molar-refractivity contribution >= 4 is 44.0 Å². The number of nitrogens with two attached hydrogens (primary N) is 1. The fourth-order valence-corrected chi connectivity index (χ4v) is 1.90. The molecule has 0 atom stereocenters. The fourth-order valence-electron chi connectivity index (χ4n) is 1.84. The van der Waals surface area contributed by atoms with Crippen molar-refractivity contribution in [3.8, 4) is 0 Å². The van der Waals surface area contributed by atoms with E-state index < -0.39 is 0 Å². The van der Waals surface area contributed by atoms with Gasteiger partial charge in [0.25, 0.3) is 0 Å². The average molecular weight is 444 g/mol. The first-order valence-corrected chi connectivity index (χ1v) is 9.61. The van der Waals surface area contributed by atoms with Crippen LogP contribution in [0, 0.1) is 0 Å². The number of nitrogens with zero attached hydrogens (tertiary/aromatic N) is 1. The van der Waals surface area contributed by atoms with Crippen LogP contribution >= 0.6 is 21.9 Å². The summed E-state index contributed by atoms with van der Waals surface area (Å²) in [5.74, 6) is 0. The van der Waals surface area contributed by atoms with E-state index in [1.165, 1.54) is 10.8 Å². The maximum absolute atomic E-state index is 5.25. The molecule has 0 aliphatic rings. The second-order valence-electron chi connectivity index (χ2n) is 4.50. The largest absolute Gasteiger partial charge is 0.0623 e. The van der Waals surface area contributed by atoms with Crippen LogP contribution in [0.25, 0.3) is 10.8 Å². The smallest absolute Gasteiger partial charge is 0.0623 e. The molecular weight excluding hydrogens is 427 g/mol. The molecular formula is C18H17ClN3RuS+. The van der Waals surface area contributed by atoms with Gasteiger partial charge in [-0.25, -0.2) is 0 Å². The minimum atomic E-state index is 0.164. The minimum Gasteiger partial charge on any atom is -0.0623 e. The first-order valence-electron chi connectivity index (χ1n) is 6.96. The van der Waals surface area contributed by atoms with Gasteiger partial charge in [-0.15, -0.1) is 0 Å². The minimum absolute atomic E-state index is 0.164. The van der Waals surface area contributed by atoms with E-state index in [9.17, 15) is 0 Å². The number of rotatable bonds is 2. The van der Waals surface area contributed by atoms with Gasteiger partial charge in [0, 0.05) is 0 Å². The summed E-state index contributed by atoms with van der Waals surface area (Å²) in [6.07, 6.45) is 1.69. The number of halogens is 1. The molecule has 0 bridgehead atoms. The Kier molecular flexibility index (Phi) is 10.6. The van der Waals surface area contributed by atoms with Crippen molar-refractivity contribution in [1.82, 2.24) is 5.43 Å². The van der Waals surface area contributed by atoms with Crippen LogP contribution in [0.5, 0.6) is 0 Å². The summed E-state index contributed by atoms with van der Waals surface area (Å²) < 4.78 is 0. The van der Waals surface area contributed by atoms with Crippen LogP contribution in [-0.2, 0) is 17.3 Å². The van der Waals surface area contributed by atoms with E-state index in [-0.39, 0.29) is 5.11 Å². The van der Waals surface area contributed by atoms with Crippen LogP contribution in [0.3, 0.4) is 0 Å². The zero-order valence-electron chi connectivity index (χ0n) is 12.7. The molecule has 0 aliphatic carbocycles. The quantitative estimate of drug-likeness (QED) is 0.267. The third kappa shape index (κ3) is 8.16. The van der Waals surface area contributed by atoms with Gasteiger partial charge >= 0.3 is 27.0 Å². The molecule has 3 aromatic carbocycles. The van der Waals surface area contributed by atoms with Crippen LogP contribution in [0.1, 0.15) is 5.56 Å². The number of benzene rings is 3. The predicted octanol–water partition coefficient (Wildman–Crippen LogP) is 4.38. The molecule has 0 saturated carbocycles. The molecule has 0 aromatic heterocycles. The molecule has 0 radical (unpaired) electrons. The van der Waals surface area contributed by atoms with Crippen LogP contribution in [0.4, 0.5) is 0 Å². The average Bonchev–Trinajstić information content (AvgIpc) is 2.65. The van der Waals surface area contributed by atoms with Gasteiger partial charge < -0.3 is 5.73 Å². The second kappa shape index (κ2) is 12.6.